The lowest BCUT2D eigenvalue weighted by Crippen LogP contribution is -2.63. The summed E-state index contributed by atoms with van der Waals surface area (Å²) in [6, 6.07) is 12.7. The van der Waals surface area contributed by atoms with Crippen molar-refractivity contribution < 1.29 is 19.1 Å². The quantitative estimate of drug-likeness (QED) is 0.683. The van der Waals surface area contributed by atoms with Crippen LogP contribution in [0.4, 0.5) is 16.2 Å². The van der Waals surface area contributed by atoms with E-state index >= 15 is 0 Å². The minimum atomic E-state index is -0.559. The van der Waals surface area contributed by atoms with Gasteiger partial charge in [-0.2, -0.15) is 0 Å². The second kappa shape index (κ2) is 8.64. The lowest BCUT2D eigenvalue weighted by Gasteiger charge is -2.41. The van der Waals surface area contributed by atoms with E-state index in [4.69, 9.17) is 16.3 Å². The van der Waals surface area contributed by atoms with Gasteiger partial charge in [0, 0.05) is 17.8 Å². The van der Waals surface area contributed by atoms with Crippen LogP contribution in [0.5, 0.6) is 5.75 Å². The van der Waals surface area contributed by atoms with Gasteiger partial charge in [-0.25, -0.2) is 9.69 Å². The van der Waals surface area contributed by atoms with E-state index in [1.807, 2.05) is 0 Å². The first-order valence-electron chi connectivity index (χ1n) is 9.54. The number of hydrogen-bond acceptors (Lipinski definition) is 5. The number of carbonyl (C=O) groups excluding carboxylic acids is 3. The fraction of sp³-hybridized carbons (Fsp3) is 0.227. The Morgan fingerprint density at radius 2 is 1.97 bits per heavy atom. The molecule has 0 aromatic heterocycles. The van der Waals surface area contributed by atoms with Crippen molar-refractivity contribution in [2.45, 2.75) is 11.3 Å². The van der Waals surface area contributed by atoms with Gasteiger partial charge in [0.05, 0.1) is 18.8 Å². The third-order valence-electron chi connectivity index (χ3n) is 5.27. The summed E-state index contributed by atoms with van der Waals surface area (Å²) in [7, 11) is 3.11. The number of amides is 4. The predicted octanol–water partition coefficient (Wildman–Crippen LogP) is 3.78. The molecule has 2 aliphatic rings. The van der Waals surface area contributed by atoms with Gasteiger partial charge in [-0.1, -0.05) is 35.9 Å². The van der Waals surface area contributed by atoms with Crippen LogP contribution in [0.3, 0.4) is 0 Å². The molecule has 7 nitrogen and oxygen atoms in total. The largest absolute Gasteiger partial charge is 0.495 e. The highest BCUT2D eigenvalue weighted by Gasteiger charge is 2.49. The molecule has 2 aliphatic heterocycles. The second-order valence-corrected chi connectivity index (χ2v) is 8.55. The zero-order chi connectivity index (χ0) is 22.1. The van der Waals surface area contributed by atoms with Crippen LogP contribution in [-0.4, -0.2) is 54.7 Å². The van der Waals surface area contributed by atoms with Crippen molar-refractivity contribution in [3.05, 3.63) is 65.0 Å². The lowest BCUT2D eigenvalue weighted by atomic mass is 10.1. The monoisotopic (exact) mass is 457 g/mol. The predicted molar refractivity (Wildman–Crippen MR) is 122 cm³/mol. The third-order valence-corrected chi connectivity index (χ3v) is 6.60. The number of urea groups is 1. The molecule has 2 heterocycles. The third kappa shape index (κ3) is 3.88. The number of anilines is 2. The molecule has 4 rings (SSSR count). The number of benzene rings is 2. The first-order valence-corrected chi connectivity index (χ1v) is 10.9. The van der Waals surface area contributed by atoms with Gasteiger partial charge in [-0.3, -0.25) is 9.59 Å². The summed E-state index contributed by atoms with van der Waals surface area (Å²) < 4.78 is 5.36. The number of hydrogen-bond donors (Lipinski definition) is 0. The van der Waals surface area contributed by atoms with Crippen LogP contribution in [0.2, 0.25) is 5.02 Å². The highest BCUT2D eigenvalue weighted by atomic mass is 35.5. The van der Waals surface area contributed by atoms with Crippen molar-refractivity contribution in [1.82, 2.24) is 4.90 Å². The molecular weight excluding hydrogens is 438 g/mol. The Morgan fingerprint density at radius 3 is 2.71 bits per heavy atom. The molecule has 160 valence electrons. The molecule has 1 saturated heterocycles. The molecule has 31 heavy (non-hydrogen) atoms. The molecule has 2 unspecified atom stereocenters. The number of nitrogens with zero attached hydrogens (tertiary/aromatic N) is 3. The van der Waals surface area contributed by atoms with Crippen molar-refractivity contribution in [2.75, 3.05) is 30.5 Å². The molecule has 2 aromatic carbocycles. The topological polar surface area (TPSA) is 70.2 Å². The molecule has 0 radical (unpaired) electrons. The number of halogens is 1. The van der Waals surface area contributed by atoms with Gasteiger partial charge in [-0.15, -0.1) is 11.8 Å². The van der Waals surface area contributed by atoms with Gasteiger partial charge in [0.25, 0.3) is 5.91 Å². The number of likely N-dealkylation sites (N-methyl/N-ethyl adjacent to an activating group) is 1. The smallest absolute Gasteiger partial charge is 0.332 e. The molecule has 0 saturated carbocycles. The number of thioether (sulfide) groups is 1. The summed E-state index contributed by atoms with van der Waals surface area (Å²) in [6.45, 7) is -0.188. The standard InChI is InChI=1S/C22H20ClN3O4S/c1-24(15-7-5-6-14(23)12-15)19(27)13-25-17-10-11-31-20(17)21(28)26(22(25)29)16-8-3-4-9-18(16)30-2/h3-12,17,20H,13H2,1-2H3. The Hall–Kier alpha value is -2.97. The fourth-order valence-corrected chi connectivity index (χ4v) is 4.86. The number of para-hydroxylation sites is 2. The van der Waals surface area contributed by atoms with Gasteiger partial charge in [0.1, 0.15) is 17.5 Å². The van der Waals surface area contributed by atoms with Crippen LogP contribution in [0, 0.1) is 0 Å². The van der Waals surface area contributed by atoms with Crippen molar-refractivity contribution in [2.24, 2.45) is 0 Å². The van der Waals surface area contributed by atoms with Crippen molar-refractivity contribution >= 4 is 52.6 Å². The van der Waals surface area contributed by atoms with Crippen LogP contribution < -0.4 is 14.5 Å². The zero-order valence-corrected chi connectivity index (χ0v) is 18.5. The minimum absolute atomic E-state index is 0.188. The molecule has 0 N–H and O–H groups in total. The van der Waals surface area contributed by atoms with Crippen molar-refractivity contribution in [3.8, 4) is 5.75 Å². The van der Waals surface area contributed by atoms with Gasteiger partial charge in [0.15, 0.2) is 0 Å². The molecule has 2 aromatic rings. The molecule has 1 fully saturated rings. The van der Waals surface area contributed by atoms with E-state index in [2.05, 4.69) is 0 Å². The Kier molecular flexibility index (Phi) is 5.93. The summed E-state index contributed by atoms with van der Waals surface area (Å²) in [5, 5.41) is 1.78. The minimum Gasteiger partial charge on any atom is -0.495 e. The number of rotatable bonds is 5. The molecule has 9 heteroatoms. The lowest BCUT2D eigenvalue weighted by molar-refractivity contribution is -0.122. The van der Waals surface area contributed by atoms with E-state index in [1.54, 1.807) is 67.1 Å². The maximum Gasteiger partial charge on any atom is 0.332 e. The number of carbonyl (C=O) groups is 3. The molecule has 2 atom stereocenters. The number of methoxy groups -OCH3 is 1. The van der Waals surface area contributed by atoms with Gasteiger partial charge in [0.2, 0.25) is 5.91 Å². The highest BCUT2D eigenvalue weighted by molar-refractivity contribution is 8.03. The Labute approximate surface area is 189 Å². The average Bonchev–Trinajstić information content (AvgIpc) is 3.26. The molecule has 0 aliphatic carbocycles. The van der Waals surface area contributed by atoms with Gasteiger partial charge in [-0.05, 0) is 35.7 Å². The maximum atomic E-state index is 13.4. The molecule has 4 amide bonds. The van der Waals surface area contributed by atoms with E-state index < -0.39 is 17.3 Å². The van der Waals surface area contributed by atoms with Crippen LogP contribution >= 0.6 is 23.4 Å². The van der Waals surface area contributed by atoms with Crippen LogP contribution in [0.15, 0.2) is 60.0 Å². The van der Waals surface area contributed by atoms with Gasteiger partial charge >= 0.3 is 6.03 Å². The van der Waals surface area contributed by atoms with Crippen LogP contribution in [0.25, 0.3) is 0 Å². The van der Waals surface area contributed by atoms with E-state index in [0.717, 1.165) is 4.90 Å². The van der Waals surface area contributed by atoms with E-state index in [1.165, 1.54) is 28.7 Å². The zero-order valence-electron chi connectivity index (χ0n) is 16.9. The molecule has 0 spiro atoms. The Morgan fingerprint density at radius 1 is 1.19 bits per heavy atom. The van der Waals surface area contributed by atoms with Gasteiger partial charge < -0.3 is 14.5 Å². The SMILES string of the molecule is COc1ccccc1N1C(=O)C2SC=CC2N(CC(=O)N(C)c2cccc(Cl)c2)C1=O. The van der Waals surface area contributed by atoms with E-state index in [-0.39, 0.29) is 18.4 Å². The van der Waals surface area contributed by atoms with E-state index in [0.29, 0.717) is 22.1 Å². The average molecular weight is 458 g/mol. The summed E-state index contributed by atoms with van der Waals surface area (Å²) in [4.78, 5) is 43.6. The van der Waals surface area contributed by atoms with Crippen molar-refractivity contribution in [3.63, 3.8) is 0 Å². The first-order chi connectivity index (χ1) is 14.9. The van der Waals surface area contributed by atoms with Crippen molar-refractivity contribution in [1.29, 1.82) is 0 Å². The fourth-order valence-electron chi connectivity index (χ4n) is 3.63. The Bertz CT molecular complexity index is 1080. The maximum absolute atomic E-state index is 13.4. The number of fused-ring (bicyclic) bond motifs is 1. The summed E-state index contributed by atoms with van der Waals surface area (Å²) in [5.41, 5.74) is 0.971. The highest BCUT2D eigenvalue weighted by Crippen LogP contribution is 2.39. The summed E-state index contributed by atoms with van der Waals surface area (Å²) in [5.74, 6) is -0.226. The van der Waals surface area contributed by atoms with Crippen LogP contribution in [0.1, 0.15) is 0 Å². The number of ether oxygens (including phenoxy) is 1. The van der Waals surface area contributed by atoms with Crippen LogP contribution in [-0.2, 0) is 9.59 Å². The molecular formula is C22H20ClN3O4S. The Balaban J connectivity index is 1.64. The number of imide groups is 1. The second-order valence-electron chi connectivity index (χ2n) is 7.06. The van der Waals surface area contributed by atoms with E-state index in [9.17, 15) is 14.4 Å². The normalized spacial score (nSPS) is 20.1. The summed E-state index contributed by atoms with van der Waals surface area (Å²) >= 11 is 7.38. The summed E-state index contributed by atoms with van der Waals surface area (Å²) in [6.07, 6.45) is 1.79. The first kappa shape index (κ1) is 21.3. The molecule has 0 bridgehead atoms.